The summed E-state index contributed by atoms with van der Waals surface area (Å²) in [6, 6.07) is 17.7. The topological polar surface area (TPSA) is 57.7 Å². The minimum Gasteiger partial charge on any atom is -0.457 e. The summed E-state index contributed by atoms with van der Waals surface area (Å²) < 4.78 is 6.01. The van der Waals surface area contributed by atoms with Gasteiger partial charge in [0.05, 0.1) is 17.6 Å². The van der Waals surface area contributed by atoms with E-state index < -0.39 is 0 Å². The molecule has 2 amide bonds. The van der Waals surface area contributed by atoms with Crippen molar-refractivity contribution in [1.29, 1.82) is 0 Å². The molecule has 1 spiro atoms. The third-order valence-electron chi connectivity index (χ3n) is 7.46. The van der Waals surface area contributed by atoms with Gasteiger partial charge in [0, 0.05) is 43.0 Å². The molecule has 0 bridgehead atoms. The Morgan fingerprint density at radius 1 is 1.06 bits per heavy atom. The number of halogens is 1. The third kappa shape index (κ3) is 4.97. The van der Waals surface area contributed by atoms with Crippen LogP contribution in [0, 0.1) is 5.41 Å². The number of anilines is 1. The van der Waals surface area contributed by atoms with Gasteiger partial charge in [-0.2, -0.15) is 0 Å². The second-order valence-corrected chi connectivity index (χ2v) is 10.6. The van der Waals surface area contributed by atoms with E-state index in [9.17, 15) is 4.79 Å². The van der Waals surface area contributed by atoms with E-state index in [0.29, 0.717) is 5.02 Å². The lowest BCUT2D eigenvalue weighted by atomic mass is 9.86. The van der Waals surface area contributed by atoms with E-state index in [4.69, 9.17) is 16.3 Å². The third-order valence-corrected chi connectivity index (χ3v) is 7.71. The van der Waals surface area contributed by atoms with Crippen LogP contribution in [0.25, 0.3) is 6.08 Å². The van der Waals surface area contributed by atoms with Crippen molar-refractivity contribution in [2.75, 3.05) is 31.5 Å². The number of hydrogen-bond acceptors (Lipinski definition) is 4. The van der Waals surface area contributed by atoms with E-state index in [2.05, 4.69) is 39.5 Å². The average Bonchev–Trinajstić information content (AvgIpc) is 3.61. The first-order chi connectivity index (χ1) is 17.5. The van der Waals surface area contributed by atoms with Crippen LogP contribution < -0.4 is 10.1 Å². The van der Waals surface area contributed by atoms with Crippen LogP contribution in [0.15, 0.2) is 66.9 Å². The van der Waals surface area contributed by atoms with Crippen molar-refractivity contribution in [2.24, 2.45) is 5.41 Å². The Labute approximate surface area is 216 Å². The Balaban J connectivity index is 1.04. The van der Waals surface area contributed by atoms with Gasteiger partial charge in [-0.05, 0) is 73.0 Å². The molecule has 3 heterocycles. The molecule has 0 radical (unpaired) electrons. The minimum absolute atomic E-state index is 0.0268. The van der Waals surface area contributed by atoms with Gasteiger partial charge >= 0.3 is 6.03 Å². The lowest BCUT2D eigenvalue weighted by Gasteiger charge is -2.25. The maximum Gasteiger partial charge on any atom is 0.321 e. The molecule has 1 atom stereocenters. The van der Waals surface area contributed by atoms with Crippen LogP contribution in [-0.4, -0.2) is 47.0 Å². The minimum atomic E-state index is -0.0268. The number of nitrogens with one attached hydrogen (secondary N) is 1. The van der Waals surface area contributed by atoms with Gasteiger partial charge < -0.3 is 15.0 Å². The Kier molecular flexibility index (Phi) is 6.15. The first kappa shape index (κ1) is 23.1. The number of pyridine rings is 1. The zero-order valence-electron chi connectivity index (χ0n) is 20.1. The molecule has 184 valence electrons. The molecule has 2 aliphatic heterocycles. The number of nitrogens with zero attached hydrogens (tertiary/aromatic N) is 3. The van der Waals surface area contributed by atoms with Gasteiger partial charge in [-0.25, -0.2) is 4.79 Å². The molecule has 36 heavy (non-hydrogen) atoms. The molecule has 2 fully saturated rings. The average molecular weight is 501 g/mol. The Hall–Kier alpha value is -3.35. The fourth-order valence-corrected chi connectivity index (χ4v) is 5.73. The van der Waals surface area contributed by atoms with Crippen molar-refractivity contribution in [1.82, 2.24) is 14.8 Å². The van der Waals surface area contributed by atoms with Crippen molar-refractivity contribution in [3.63, 3.8) is 0 Å². The summed E-state index contributed by atoms with van der Waals surface area (Å²) in [4.78, 5) is 21.9. The molecule has 6 rings (SSSR count). The molecule has 3 aliphatic rings. The molecule has 6 nitrogen and oxygen atoms in total. The largest absolute Gasteiger partial charge is 0.457 e. The molecular weight excluding hydrogens is 472 g/mol. The number of carbonyl (C=O) groups excluding carboxylic acids is 1. The van der Waals surface area contributed by atoms with Crippen molar-refractivity contribution >= 4 is 29.4 Å². The highest BCUT2D eigenvalue weighted by atomic mass is 35.5. The van der Waals surface area contributed by atoms with Crippen LogP contribution >= 0.6 is 11.6 Å². The lowest BCUT2D eigenvalue weighted by Crippen LogP contribution is -2.36. The van der Waals surface area contributed by atoms with Crippen LogP contribution in [0.3, 0.4) is 0 Å². The van der Waals surface area contributed by atoms with Gasteiger partial charge in [0.2, 0.25) is 0 Å². The second-order valence-electron chi connectivity index (χ2n) is 10.1. The molecule has 3 aromatic rings. The maximum absolute atomic E-state index is 13.0. The molecule has 2 aromatic carbocycles. The number of fused-ring (bicyclic) bond motifs is 1. The van der Waals surface area contributed by atoms with Crippen LogP contribution in [0.2, 0.25) is 5.02 Å². The van der Waals surface area contributed by atoms with Gasteiger partial charge in [0.15, 0.2) is 0 Å². The van der Waals surface area contributed by atoms with E-state index in [0.717, 1.165) is 80.4 Å². The van der Waals surface area contributed by atoms with Crippen LogP contribution in [0.5, 0.6) is 11.5 Å². The lowest BCUT2D eigenvalue weighted by molar-refractivity contribution is 0.210. The number of hydrogen-bond donors (Lipinski definition) is 1. The summed E-state index contributed by atoms with van der Waals surface area (Å²) in [6.07, 6.45) is 8.95. The second kappa shape index (κ2) is 9.60. The summed E-state index contributed by atoms with van der Waals surface area (Å²) in [5, 5.41) is 3.75. The Bertz CT molecular complexity index is 1310. The van der Waals surface area contributed by atoms with Gasteiger partial charge in [-0.15, -0.1) is 0 Å². The van der Waals surface area contributed by atoms with Crippen LogP contribution in [0.1, 0.15) is 29.7 Å². The summed E-state index contributed by atoms with van der Waals surface area (Å²) >= 11 is 5.98. The van der Waals surface area contributed by atoms with E-state index in [1.807, 2.05) is 47.4 Å². The number of amides is 2. The summed E-state index contributed by atoms with van der Waals surface area (Å²) in [5.41, 5.74) is 4.33. The Morgan fingerprint density at radius 3 is 2.81 bits per heavy atom. The normalized spacial score (nSPS) is 20.8. The maximum atomic E-state index is 13.0. The highest BCUT2D eigenvalue weighted by molar-refractivity contribution is 6.30. The van der Waals surface area contributed by atoms with Gasteiger partial charge in [-0.1, -0.05) is 35.9 Å². The SMILES string of the molecule is O=C(Nc1cnc2c(c1)C=CC2)N1CCC2(CCN(Cc3cccc(Oc4ccc(Cl)cc4)c3)C2)C1. The number of urea groups is 1. The smallest absolute Gasteiger partial charge is 0.321 e. The predicted molar refractivity (Wildman–Crippen MR) is 142 cm³/mol. The van der Waals surface area contributed by atoms with Crippen molar-refractivity contribution in [3.8, 4) is 11.5 Å². The standard InChI is InChI=1S/C29H29ClN4O2/c30-23-7-9-25(10-8-23)36-26-5-1-3-21(15-26)18-33-13-11-29(19-33)12-14-34(20-29)28(35)32-24-16-22-4-2-6-27(22)31-17-24/h1-5,7-10,15-17H,6,11-14,18-20H2,(H,32,35). The number of allylic oxidation sites excluding steroid dienone is 1. The first-order valence-corrected chi connectivity index (χ1v) is 12.9. The monoisotopic (exact) mass is 500 g/mol. The molecule has 1 aromatic heterocycles. The summed E-state index contributed by atoms with van der Waals surface area (Å²) in [5.74, 6) is 1.59. The number of likely N-dealkylation sites (tertiary alicyclic amines) is 2. The fraction of sp³-hybridized carbons (Fsp3) is 0.310. The van der Waals surface area contributed by atoms with E-state index in [-0.39, 0.29) is 11.4 Å². The quantitative estimate of drug-likeness (QED) is 0.451. The number of carbonyl (C=O) groups is 1. The number of rotatable bonds is 5. The fourth-order valence-electron chi connectivity index (χ4n) is 5.60. The summed E-state index contributed by atoms with van der Waals surface area (Å²) in [6.45, 7) is 4.51. The molecule has 1 N–H and O–H groups in total. The Morgan fingerprint density at radius 2 is 1.92 bits per heavy atom. The van der Waals surface area contributed by atoms with Crippen molar-refractivity contribution < 1.29 is 9.53 Å². The van der Waals surface area contributed by atoms with E-state index in [1.165, 1.54) is 5.56 Å². The number of aromatic nitrogens is 1. The molecular formula is C29H29ClN4O2. The molecule has 1 unspecified atom stereocenters. The summed E-state index contributed by atoms with van der Waals surface area (Å²) in [7, 11) is 0. The van der Waals surface area contributed by atoms with Gasteiger partial charge in [0.1, 0.15) is 11.5 Å². The van der Waals surface area contributed by atoms with Gasteiger partial charge in [0.25, 0.3) is 0 Å². The van der Waals surface area contributed by atoms with Crippen LogP contribution in [0.4, 0.5) is 10.5 Å². The van der Waals surface area contributed by atoms with E-state index >= 15 is 0 Å². The highest BCUT2D eigenvalue weighted by Crippen LogP contribution is 2.40. The van der Waals surface area contributed by atoms with Crippen molar-refractivity contribution in [3.05, 3.63) is 88.7 Å². The number of benzene rings is 2. The van der Waals surface area contributed by atoms with Crippen molar-refractivity contribution in [2.45, 2.75) is 25.8 Å². The van der Waals surface area contributed by atoms with Crippen LogP contribution in [-0.2, 0) is 13.0 Å². The predicted octanol–water partition coefficient (Wildman–Crippen LogP) is 6.23. The molecule has 7 heteroatoms. The van der Waals surface area contributed by atoms with E-state index in [1.54, 1.807) is 6.20 Å². The molecule has 1 aliphatic carbocycles. The number of ether oxygens (including phenoxy) is 1. The zero-order chi connectivity index (χ0) is 24.5. The molecule has 0 saturated carbocycles. The van der Waals surface area contributed by atoms with Gasteiger partial charge in [-0.3, -0.25) is 9.88 Å². The zero-order valence-corrected chi connectivity index (χ0v) is 20.9. The first-order valence-electron chi connectivity index (χ1n) is 12.5. The molecule has 2 saturated heterocycles. The highest BCUT2D eigenvalue weighted by Gasteiger charge is 2.44.